The fourth-order valence-electron chi connectivity index (χ4n) is 4.37. The van der Waals surface area contributed by atoms with Gasteiger partial charge in [-0.1, -0.05) is 42.0 Å². The predicted molar refractivity (Wildman–Crippen MR) is 157 cm³/mol. The van der Waals surface area contributed by atoms with Crippen molar-refractivity contribution in [1.82, 2.24) is 4.31 Å². The van der Waals surface area contributed by atoms with Gasteiger partial charge in [0.2, 0.25) is 0 Å². The third-order valence-electron chi connectivity index (χ3n) is 6.75. The number of hydrogen-bond acceptors (Lipinski definition) is 8. The molecule has 0 N–H and O–H groups in total. The van der Waals surface area contributed by atoms with Crippen LogP contribution in [0.15, 0.2) is 77.7 Å². The van der Waals surface area contributed by atoms with Gasteiger partial charge >= 0.3 is 12.1 Å². The van der Waals surface area contributed by atoms with E-state index in [1.54, 1.807) is 81.4 Å². The van der Waals surface area contributed by atoms with Crippen LogP contribution >= 0.6 is 0 Å². The van der Waals surface area contributed by atoms with Crippen LogP contribution in [-0.4, -0.2) is 44.6 Å². The molecule has 42 heavy (non-hydrogen) atoms. The van der Waals surface area contributed by atoms with Gasteiger partial charge in [0.15, 0.2) is 6.10 Å². The monoisotopic (exact) mass is 595 g/mol. The molecule has 1 fully saturated rings. The smallest absolute Gasteiger partial charge is 0.425 e. The van der Waals surface area contributed by atoms with Crippen LogP contribution in [0.3, 0.4) is 0 Å². The molecule has 1 saturated carbocycles. The Labute approximate surface area is 247 Å². The lowest BCUT2D eigenvalue weighted by atomic mass is 9.95. The van der Waals surface area contributed by atoms with E-state index in [-0.39, 0.29) is 10.8 Å². The number of methoxy groups -OCH3 is 2. The van der Waals surface area contributed by atoms with Crippen LogP contribution in [0, 0.1) is 12.8 Å². The molecular formula is C32H37NO8S. The Balaban J connectivity index is 1.98. The van der Waals surface area contributed by atoms with Crippen molar-refractivity contribution in [2.45, 2.75) is 63.2 Å². The van der Waals surface area contributed by atoms with Crippen LogP contribution in [0.2, 0.25) is 0 Å². The van der Waals surface area contributed by atoms with Gasteiger partial charge in [0.05, 0.1) is 25.0 Å². The van der Waals surface area contributed by atoms with Crippen LogP contribution in [0.1, 0.15) is 62.4 Å². The molecule has 0 heterocycles. The Morgan fingerprint density at radius 2 is 1.31 bits per heavy atom. The normalized spacial score (nSPS) is 14.8. The Morgan fingerprint density at radius 1 is 0.810 bits per heavy atom. The highest BCUT2D eigenvalue weighted by atomic mass is 32.2. The molecule has 1 aliphatic rings. The molecule has 3 aromatic rings. The first kappa shape index (κ1) is 30.9. The van der Waals surface area contributed by atoms with Gasteiger partial charge < -0.3 is 18.9 Å². The van der Waals surface area contributed by atoms with Gasteiger partial charge in [-0.2, -0.15) is 4.31 Å². The summed E-state index contributed by atoms with van der Waals surface area (Å²) < 4.78 is 51.9. The highest BCUT2D eigenvalue weighted by Crippen LogP contribution is 2.43. The number of hydrogen-bond donors (Lipinski definition) is 0. The van der Waals surface area contributed by atoms with Crippen LogP contribution < -0.4 is 9.47 Å². The molecule has 0 spiro atoms. The highest BCUT2D eigenvalue weighted by Gasteiger charge is 2.46. The zero-order valence-corrected chi connectivity index (χ0v) is 25.5. The molecule has 9 nitrogen and oxygen atoms in total. The predicted octanol–water partition coefficient (Wildman–Crippen LogP) is 6.37. The van der Waals surface area contributed by atoms with E-state index in [4.69, 9.17) is 18.9 Å². The van der Waals surface area contributed by atoms with Gasteiger partial charge in [0, 0.05) is 0 Å². The standard InChI is InChI=1S/C32H37NO8S/c1-21-7-19-27(20-8-21)42(36,37)33(31(35)41-32(2,3)4)28(22-11-15-25(38-5)16-12-22)29(40-30(34)24-9-10-24)23-13-17-26(39-6)18-14-23/h7-8,11-20,24,28-29H,9-10H2,1-6H3/t28-,29+/m1/s1. The van der Waals surface area contributed by atoms with Gasteiger partial charge in [-0.25, -0.2) is 13.2 Å². The highest BCUT2D eigenvalue weighted by molar-refractivity contribution is 7.89. The maximum atomic E-state index is 14.4. The number of benzene rings is 3. The number of ether oxygens (including phenoxy) is 4. The van der Waals surface area contributed by atoms with E-state index in [1.807, 2.05) is 6.92 Å². The summed E-state index contributed by atoms with van der Waals surface area (Å²) in [6, 6.07) is 18.2. The van der Waals surface area contributed by atoms with Crippen molar-refractivity contribution in [3.05, 3.63) is 89.5 Å². The minimum absolute atomic E-state index is 0.112. The summed E-state index contributed by atoms with van der Waals surface area (Å²) in [6.45, 7) is 6.79. The number of aryl methyl sites for hydroxylation is 1. The fraction of sp³-hybridized carbons (Fsp3) is 0.375. The Kier molecular flexibility index (Phi) is 9.15. The van der Waals surface area contributed by atoms with Crippen LogP contribution in [0.5, 0.6) is 11.5 Å². The second kappa shape index (κ2) is 12.4. The molecule has 224 valence electrons. The quantitative estimate of drug-likeness (QED) is 0.249. The molecule has 0 aliphatic heterocycles. The van der Waals surface area contributed by atoms with E-state index >= 15 is 0 Å². The fourth-order valence-corrected chi connectivity index (χ4v) is 5.85. The lowest BCUT2D eigenvalue weighted by Gasteiger charge is -2.37. The Bertz CT molecular complexity index is 1490. The summed E-state index contributed by atoms with van der Waals surface area (Å²) in [5.41, 5.74) is 0.682. The van der Waals surface area contributed by atoms with Crippen molar-refractivity contribution in [1.29, 1.82) is 0 Å². The maximum Gasteiger partial charge on any atom is 0.425 e. The summed E-state index contributed by atoms with van der Waals surface area (Å²) in [5, 5.41) is 0. The van der Waals surface area contributed by atoms with Gasteiger partial charge in [0.25, 0.3) is 10.0 Å². The molecule has 0 radical (unpaired) electrons. The molecule has 3 aromatic carbocycles. The van der Waals surface area contributed by atoms with Crippen molar-refractivity contribution in [3.8, 4) is 11.5 Å². The van der Waals surface area contributed by atoms with E-state index in [2.05, 4.69) is 0 Å². The molecule has 0 saturated heterocycles. The zero-order valence-electron chi connectivity index (χ0n) is 24.7. The summed E-state index contributed by atoms with van der Waals surface area (Å²) in [4.78, 5) is 27.1. The first-order valence-electron chi connectivity index (χ1n) is 13.7. The van der Waals surface area contributed by atoms with E-state index < -0.39 is 39.8 Å². The molecule has 2 atom stereocenters. The van der Waals surface area contributed by atoms with Crippen LogP contribution in [0.25, 0.3) is 0 Å². The molecule has 4 rings (SSSR count). The van der Waals surface area contributed by atoms with Crippen molar-refractivity contribution >= 4 is 22.1 Å². The second-order valence-electron chi connectivity index (χ2n) is 11.2. The number of carbonyl (C=O) groups is 2. The number of carbonyl (C=O) groups excluding carboxylic acids is 2. The van der Waals surface area contributed by atoms with Gasteiger partial charge in [-0.3, -0.25) is 4.79 Å². The molecule has 0 unspecified atom stereocenters. The Hall–Kier alpha value is -4.05. The molecule has 0 aromatic heterocycles. The Morgan fingerprint density at radius 3 is 1.76 bits per heavy atom. The van der Waals surface area contributed by atoms with E-state index in [1.165, 1.54) is 26.4 Å². The third kappa shape index (κ3) is 7.23. The molecular weight excluding hydrogens is 558 g/mol. The van der Waals surface area contributed by atoms with Crippen molar-refractivity contribution in [3.63, 3.8) is 0 Å². The number of amides is 1. The minimum Gasteiger partial charge on any atom is -0.497 e. The third-order valence-corrected chi connectivity index (χ3v) is 8.51. The van der Waals surface area contributed by atoms with Crippen molar-refractivity contribution in [2.75, 3.05) is 14.2 Å². The number of rotatable bonds is 10. The lowest BCUT2D eigenvalue weighted by molar-refractivity contribution is -0.154. The topological polar surface area (TPSA) is 108 Å². The van der Waals surface area contributed by atoms with Gasteiger partial charge in [-0.05, 0) is 88.1 Å². The zero-order chi connectivity index (χ0) is 30.7. The summed E-state index contributed by atoms with van der Waals surface area (Å²) in [5.74, 6) is 0.333. The molecule has 1 amide bonds. The minimum atomic E-state index is -4.55. The van der Waals surface area contributed by atoms with E-state index in [9.17, 15) is 18.0 Å². The summed E-state index contributed by atoms with van der Waals surface area (Å²) >= 11 is 0. The number of nitrogens with zero attached hydrogens (tertiary/aromatic N) is 1. The lowest BCUT2D eigenvalue weighted by Crippen LogP contribution is -2.45. The first-order chi connectivity index (χ1) is 19.8. The largest absolute Gasteiger partial charge is 0.497 e. The van der Waals surface area contributed by atoms with Crippen LogP contribution in [0.4, 0.5) is 4.79 Å². The van der Waals surface area contributed by atoms with Gasteiger partial charge in [-0.15, -0.1) is 0 Å². The summed E-state index contributed by atoms with van der Waals surface area (Å²) in [7, 11) is -1.51. The molecule has 1 aliphatic carbocycles. The SMILES string of the molecule is COc1ccc([C@H]([C@@H](OC(=O)C2CC2)c2ccc(OC)cc2)N(C(=O)OC(C)(C)C)S(=O)(=O)c2ccc(C)cc2)cc1. The maximum absolute atomic E-state index is 14.4. The van der Waals surface area contributed by atoms with Gasteiger partial charge in [0.1, 0.15) is 23.1 Å². The van der Waals surface area contributed by atoms with Crippen LogP contribution in [-0.2, 0) is 24.3 Å². The van der Waals surface area contributed by atoms with E-state index in [0.717, 1.165) is 5.56 Å². The first-order valence-corrected chi connectivity index (χ1v) is 15.1. The second-order valence-corrected chi connectivity index (χ2v) is 13.0. The van der Waals surface area contributed by atoms with Crippen molar-refractivity contribution < 1.29 is 37.0 Å². The number of esters is 1. The summed E-state index contributed by atoms with van der Waals surface area (Å²) in [6.07, 6.45) is -0.965. The molecule has 10 heteroatoms. The van der Waals surface area contributed by atoms with E-state index in [0.29, 0.717) is 39.8 Å². The number of sulfonamides is 1. The average molecular weight is 596 g/mol. The van der Waals surface area contributed by atoms with Crippen molar-refractivity contribution in [2.24, 2.45) is 5.92 Å². The molecule has 0 bridgehead atoms. The average Bonchev–Trinajstić information content (AvgIpc) is 3.80.